The minimum absolute atomic E-state index is 0.0607. The Hall–Kier alpha value is -3.65. The topological polar surface area (TPSA) is 107 Å². The number of aromatic nitrogens is 3. The number of hydrogen-bond donors (Lipinski definition) is 2. The third-order valence-corrected chi connectivity index (χ3v) is 7.62. The fourth-order valence-corrected chi connectivity index (χ4v) is 5.19. The molecule has 1 aromatic heterocycles. The Kier molecular flexibility index (Phi) is 10.3. The zero-order valence-electron chi connectivity index (χ0n) is 22.3. The number of amides is 2. The Morgan fingerprint density at radius 2 is 1.72 bits per heavy atom. The molecule has 226 valence electrons. The fourth-order valence-electron chi connectivity index (χ4n) is 3.76. The SMILES string of the molecule is COc1ccc(OC)c(-n2c(CNC(=O)c3ccc(Cl)cc3Cl)nnc2SCC(=O)Nc2cc(C(F)(F)F)ccc2Cl)c1. The quantitative estimate of drug-likeness (QED) is 0.176. The lowest BCUT2D eigenvalue weighted by Gasteiger charge is -2.16. The van der Waals surface area contributed by atoms with Crippen LogP contribution in [0.15, 0.2) is 59.8 Å². The van der Waals surface area contributed by atoms with E-state index in [1.54, 1.807) is 22.8 Å². The predicted octanol–water partition coefficient (Wildman–Crippen LogP) is 6.92. The largest absolute Gasteiger partial charge is 0.497 e. The Balaban J connectivity index is 1.60. The van der Waals surface area contributed by atoms with Crippen LogP contribution in [-0.4, -0.2) is 46.6 Å². The summed E-state index contributed by atoms with van der Waals surface area (Å²) in [7, 11) is 2.94. The summed E-state index contributed by atoms with van der Waals surface area (Å²) in [6.45, 7) is -0.113. The van der Waals surface area contributed by atoms with Crippen LogP contribution >= 0.6 is 46.6 Å². The van der Waals surface area contributed by atoms with Gasteiger partial charge in [-0.2, -0.15) is 13.2 Å². The highest BCUT2D eigenvalue weighted by Crippen LogP contribution is 2.35. The Labute approximate surface area is 262 Å². The molecule has 0 aliphatic carbocycles. The molecule has 0 aliphatic heterocycles. The van der Waals surface area contributed by atoms with Crippen LogP contribution in [0, 0.1) is 0 Å². The van der Waals surface area contributed by atoms with Crippen molar-refractivity contribution in [2.45, 2.75) is 17.9 Å². The highest BCUT2D eigenvalue weighted by atomic mass is 35.5. The maximum Gasteiger partial charge on any atom is 0.416 e. The predicted molar refractivity (Wildman–Crippen MR) is 158 cm³/mol. The molecule has 0 fully saturated rings. The number of ether oxygens (including phenoxy) is 2. The first-order valence-electron chi connectivity index (χ1n) is 12.1. The number of carbonyl (C=O) groups excluding carboxylic acids is 2. The molecule has 2 N–H and O–H groups in total. The molecule has 43 heavy (non-hydrogen) atoms. The van der Waals surface area contributed by atoms with Crippen molar-refractivity contribution in [1.29, 1.82) is 0 Å². The van der Waals surface area contributed by atoms with Crippen LogP contribution in [0.25, 0.3) is 5.69 Å². The Morgan fingerprint density at radius 3 is 2.40 bits per heavy atom. The summed E-state index contributed by atoms with van der Waals surface area (Å²) in [5.41, 5.74) is -0.529. The molecule has 0 aliphatic rings. The van der Waals surface area contributed by atoms with Crippen LogP contribution in [-0.2, 0) is 17.5 Å². The van der Waals surface area contributed by atoms with Gasteiger partial charge in [0.1, 0.15) is 11.5 Å². The molecule has 0 spiro atoms. The van der Waals surface area contributed by atoms with Gasteiger partial charge in [0.05, 0.1) is 59.1 Å². The Bertz CT molecular complexity index is 1670. The van der Waals surface area contributed by atoms with Gasteiger partial charge in [0.2, 0.25) is 5.91 Å². The molecule has 4 aromatic rings. The zero-order valence-corrected chi connectivity index (χ0v) is 25.3. The molecule has 2 amide bonds. The van der Waals surface area contributed by atoms with Gasteiger partial charge in [-0.15, -0.1) is 10.2 Å². The van der Waals surface area contributed by atoms with Gasteiger partial charge in [0.15, 0.2) is 11.0 Å². The Morgan fingerprint density at radius 1 is 0.953 bits per heavy atom. The number of hydrogen-bond acceptors (Lipinski definition) is 7. The third-order valence-electron chi connectivity index (χ3n) is 5.81. The van der Waals surface area contributed by atoms with Crippen molar-refractivity contribution in [3.8, 4) is 17.2 Å². The van der Waals surface area contributed by atoms with Crippen molar-refractivity contribution < 1.29 is 32.2 Å². The van der Waals surface area contributed by atoms with E-state index < -0.39 is 23.6 Å². The lowest BCUT2D eigenvalue weighted by Crippen LogP contribution is -2.25. The van der Waals surface area contributed by atoms with E-state index in [0.717, 1.165) is 30.0 Å². The average Bonchev–Trinajstić information content (AvgIpc) is 3.37. The van der Waals surface area contributed by atoms with Gasteiger partial charge in [-0.05, 0) is 48.5 Å². The van der Waals surface area contributed by atoms with E-state index in [1.807, 2.05) is 0 Å². The van der Waals surface area contributed by atoms with Crippen molar-refractivity contribution >= 4 is 64.1 Å². The molecule has 4 rings (SSSR count). The van der Waals surface area contributed by atoms with Gasteiger partial charge in [-0.25, -0.2) is 0 Å². The molecule has 0 saturated heterocycles. The molecule has 1 heterocycles. The van der Waals surface area contributed by atoms with Crippen molar-refractivity contribution in [2.75, 3.05) is 25.3 Å². The number of rotatable bonds is 10. The molecular weight excluding hydrogens is 654 g/mol. The van der Waals surface area contributed by atoms with Gasteiger partial charge in [-0.3, -0.25) is 14.2 Å². The molecule has 0 bridgehead atoms. The van der Waals surface area contributed by atoms with Crippen LogP contribution in [0.5, 0.6) is 11.5 Å². The maximum atomic E-state index is 13.1. The van der Waals surface area contributed by atoms with Crippen molar-refractivity contribution in [3.05, 3.63) is 86.6 Å². The zero-order chi connectivity index (χ0) is 31.3. The van der Waals surface area contributed by atoms with Gasteiger partial charge in [0, 0.05) is 11.1 Å². The minimum atomic E-state index is -4.62. The highest BCUT2D eigenvalue weighted by molar-refractivity contribution is 7.99. The second kappa shape index (κ2) is 13.8. The van der Waals surface area contributed by atoms with E-state index in [0.29, 0.717) is 22.2 Å². The second-order valence-electron chi connectivity index (χ2n) is 8.61. The smallest absolute Gasteiger partial charge is 0.416 e. The number of nitrogens with one attached hydrogen (secondary N) is 2. The van der Waals surface area contributed by atoms with Crippen LogP contribution in [0.4, 0.5) is 18.9 Å². The number of methoxy groups -OCH3 is 2. The monoisotopic (exact) mass is 673 g/mol. The molecule has 0 saturated carbocycles. The summed E-state index contributed by atoms with van der Waals surface area (Å²) in [5, 5.41) is 14.2. The van der Waals surface area contributed by atoms with Gasteiger partial charge in [0.25, 0.3) is 5.91 Å². The molecule has 0 radical (unpaired) electrons. The first-order valence-corrected chi connectivity index (χ1v) is 14.2. The number of nitrogens with zero attached hydrogens (tertiary/aromatic N) is 3. The van der Waals surface area contributed by atoms with Crippen LogP contribution < -0.4 is 20.1 Å². The average molecular weight is 675 g/mol. The summed E-state index contributed by atoms with van der Waals surface area (Å²) in [4.78, 5) is 25.6. The van der Waals surface area contributed by atoms with Crippen molar-refractivity contribution in [2.24, 2.45) is 0 Å². The summed E-state index contributed by atoms with van der Waals surface area (Å²) in [6.07, 6.45) is -4.62. The molecule has 3 aromatic carbocycles. The van der Waals surface area contributed by atoms with Gasteiger partial charge >= 0.3 is 6.18 Å². The van der Waals surface area contributed by atoms with E-state index in [1.165, 1.54) is 32.4 Å². The number of halogens is 6. The van der Waals surface area contributed by atoms with Crippen LogP contribution in [0.2, 0.25) is 15.1 Å². The number of carbonyl (C=O) groups is 2. The summed E-state index contributed by atoms with van der Waals surface area (Å²) < 4.78 is 51.8. The molecular formula is C27H21Cl3F3N5O4S. The fraction of sp³-hybridized carbons (Fsp3) is 0.185. The minimum Gasteiger partial charge on any atom is -0.497 e. The van der Waals surface area contributed by atoms with E-state index >= 15 is 0 Å². The van der Waals surface area contributed by atoms with Crippen LogP contribution in [0.3, 0.4) is 0 Å². The van der Waals surface area contributed by atoms with Crippen molar-refractivity contribution in [1.82, 2.24) is 20.1 Å². The summed E-state index contributed by atoms with van der Waals surface area (Å²) in [5.74, 6) is -0.292. The standard InChI is InChI=1S/C27H21Cl3F3N5O4S/c1-41-16-5-8-22(42-2)21(11-16)38-23(12-34-25(40)17-6-4-15(28)10-19(17)30)36-37-26(38)43-13-24(39)35-20-9-14(27(31,32)33)3-7-18(20)29/h3-11H,12-13H2,1-2H3,(H,34,40)(H,35,39). The maximum absolute atomic E-state index is 13.1. The normalized spacial score (nSPS) is 11.3. The summed E-state index contributed by atoms with van der Waals surface area (Å²) >= 11 is 19.0. The number of anilines is 1. The van der Waals surface area contributed by atoms with E-state index in [-0.39, 0.29) is 44.6 Å². The van der Waals surface area contributed by atoms with E-state index in [9.17, 15) is 22.8 Å². The molecule has 0 atom stereocenters. The first kappa shape index (κ1) is 32.3. The first-order chi connectivity index (χ1) is 20.4. The highest BCUT2D eigenvalue weighted by Gasteiger charge is 2.31. The molecule has 0 unspecified atom stereocenters. The van der Waals surface area contributed by atoms with E-state index in [4.69, 9.17) is 44.3 Å². The number of alkyl halides is 3. The third kappa shape index (κ3) is 7.85. The lowest BCUT2D eigenvalue weighted by molar-refractivity contribution is -0.137. The van der Waals surface area contributed by atoms with Crippen molar-refractivity contribution in [3.63, 3.8) is 0 Å². The van der Waals surface area contributed by atoms with Crippen LogP contribution in [0.1, 0.15) is 21.7 Å². The second-order valence-corrected chi connectivity index (χ2v) is 10.8. The van der Waals surface area contributed by atoms with E-state index in [2.05, 4.69) is 20.8 Å². The van der Waals surface area contributed by atoms with Gasteiger partial charge in [-0.1, -0.05) is 46.6 Å². The molecule has 16 heteroatoms. The lowest BCUT2D eigenvalue weighted by atomic mass is 10.2. The summed E-state index contributed by atoms with van der Waals surface area (Å²) in [6, 6.07) is 12.0. The number of benzene rings is 3. The van der Waals surface area contributed by atoms with Gasteiger partial charge < -0.3 is 20.1 Å². The number of thioether (sulfide) groups is 1. The molecule has 9 nitrogen and oxygen atoms in total.